The zero-order chi connectivity index (χ0) is 15.1. The van der Waals surface area contributed by atoms with E-state index in [0.717, 1.165) is 10.6 Å². The highest BCUT2D eigenvalue weighted by Gasteiger charge is 2.17. The molecule has 2 N–H and O–H groups in total. The van der Waals surface area contributed by atoms with Crippen LogP contribution >= 0.6 is 0 Å². The van der Waals surface area contributed by atoms with Gasteiger partial charge in [-0.25, -0.2) is 4.79 Å². The van der Waals surface area contributed by atoms with E-state index in [1.807, 2.05) is 31.1 Å². The Labute approximate surface area is 118 Å². The van der Waals surface area contributed by atoms with E-state index in [4.69, 9.17) is 11.5 Å². The third-order valence-corrected chi connectivity index (χ3v) is 2.52. The number of benzene rings is 1. The Morgan fingerprint density at radius 3 is 2.55 bits per heavy atom. The van der Waals surface area contributed by atoms with Gasteiger partial charge in [-0.1, -0.05) is 18.1 Å². The molecule has 1 aromatic carbocycles. The summed E-state index contributed by atoms with van der Waals surface area (Å²) in [6.07, 6.45) is 5.14. The molecule has 0 bridgehead atoms. The number of anilines is 2. The molecule has 6 heteroatoms. The van der Waals surface area contributed by atoms with Crippen LogP contribution in [0.2, 0.25) is 0 Å². The maximum Gasteiger partial charge on any atom is 0.323 e. The minimum atomic E-state index is -1.11. The van der Waals surface area contributed by atoms with E-state index < -0.39 is 18.5 Å². The van der Waals surface area contributed by atoms with Gasteiger partial charge in [-0.2, -0.15) is 0 Å². The molecule has 0 radical (unpaired) electrons. The zero-order valence-electron chi connectivity index (χ0n) is 11.5. The molecular weight excluding hydrogens is 258 g/mol. The quantitative estimate of drug-likeness (QED) is 0.795. The highest BCUT2D eigenvalue weighted by molar-refractivity contribution is 5.94. The predicted molar refractivity (Wildman–Crippen MR) is 77.8 cm³/mol. The Balaban J connectivity index is 2.88. The molecule has 1 rings (SSSR count). The molecule has 0 saturated heterocycles. The van der Waals surface area contributed by atoms with Gasteiger partial charge in [-0.05, 0) is 12.1 Å². The Bertz CT molecular complexity index is 535. The summed E-state index contributed by atoms with van der Waals surface area (Å²) in [6, 6.07) is 6.67. The first-order valence-corrected chi connectivity index (χ1v) is 5.93. The number of terminal acetylenes is 1. The molecule has 0 spiro atoms. The lowest BCUT2D eigenvalue weighted by Crippen LogP contribution is -2.39. The average molecular weight is 275 g/mol. The van der Waals surface area contributed by atoms with Crippen molar-refractivity contribution in [1.29, 1.82) is 0 Å². The summed E-state index contributed by atoms with van der Waals surface area (Å²) in [7, 11) is 3.70. The van der Waals surface area contributed by atoms with Gasteiger partial charge in [0.1, 0.15) is 6.54 Å². The van der Waals surface area contributed by atoms with Gasteiger partial charge in [0.25, 0.3) is 0 Å². The number of para-hydroxylation sites is 2. The number of carbonyl (C=O) groups is 2. The van der Waals surface area contributed by atoms with E-state index in [1.54, 1.807) is 12.1 Å². The molecule has 0 atom stereocenters. The maximum atomic E-state index is 12.1. The first-order valence-electron chi connectivity index (χ1n) is 5.93. The molecule has 1 aromatic rings. The standard InChI is InChI=1S/C14H17N3O3/c1-4-9-17(10-13(18)19)14(20)15-11-7-5-6-8-12(11)16(2)3/h1,5-8H,9-10H2,2-3H3,(H,15,20)(H,18,19). The van der Waals surface area contributed by atoms with Crippen LogP contribution in [-0.2, 0) is 4.79 Å². The second kappa shape index (κ2) is 7.04. The van der Waals surface area contributed by atoms with Gasteiger partial charge >= 0.3 is 12.0 Å². The minimum Gasteiger partial charge on any atom is -0.480 e. The number of carboxylic acid groups (broad SMARTS) is 1. The lowest BCUT2D eigenvalue weighted by atomic mass is 10.2. The van der Waals surface area contributed by atoms with Crippen molar-refractivity contribution in [3.63, 3.8) is 0 Å². The summed E-state index contributed by atoms with van der Waals surface area (Å²) in [5.74, 6) is 1.15. The van der Waals surface area contributed by atoms with Gasteiger partial charge in [0.05, 0.1) is 17.9 Å². The fourth-order valence-electron chi connectivity index (χ4n) is 1.64. The van der Waals surface area contributed by atoms with Crippen LogP contribution in [0, 0.1) is 12.3 Å². The highest BCUT2D eigenvalue weighted by Crippen LogP contribution is 2.23. The van der Waals surface area contributed by atoms with Gasteiger partial charge in [0, 0.05) is 14.1 Å². The van der Waals surface area contributed by atoms with Crippen LogP contribution in [0.5, 0.6) is 0 Å². The molecule has 20 heavy (non-hydrogen) atoms. The molecule has 0 aliphatic rings. The van der Waals surface area contributed by atoms with E-state index in [-0.39, 0.29) is 6.54 Å². The molecule has 0 unspecified atom stereocenters. The molecule has 0 saturated carbocycles. The van der Waals surface area contributed by atoms with E-state index >= 15 is 0 Å². The molecule has 2 amide bonds. The number of nitrogens with zero attached hydrogens (tertiary/aromatic N) is 2. The second-order valence-electron chi connectivity index (χ2n) is 4.30. The van der Waals surface area contributed by atoms with E-state index in [0.29, 0.717) is 5.69 Å². The fraction of sp³-hybridized carbons (Fsp3) is 0.286. The number of hydrogen-bond acceptors (Lipinski definition) is 3. The molecule has 6 nitrogen and oxygen atoms in total. The molecule has 0 aromatic heterocycles. The number of aliphatic carboxylic acids is 1. The van der Waals surface area contributed by atoms with E-state index in [2.05, 4.69) is 11.2 Å². The largest absolute Gasteiger partial charge is 0.480 e. The topological polar surface area (TPSA) is 72.9 Å². The number of hydrogen-bond donors (Lipinski definition) is 2. The van der Waals surface area contributed by atoms with Gasteiger partial charge < -0.3 is 20.2 Å². The number of urea groups is 1. The Morgan fingerprint density at radius 2 is 2.00 bits per heavy atom. The van der Waals surface area contributed by atoms with Crippen molar-refractivity contribution in [1.82, 2.24) is 4.90 Å². The van der Waals surface area contributed by atoms with E-state index in [9.17, 15) is 9.59 Å². The highest BCUT2D eigenvalue weighted by atomic mass is 16.4. The summed E-state index contributed by atoms with van der Waals surface area (Å²) in [6.45, 7) is -0.511. The zero-order valence-corrected chi connectivity index (χ0v) is 11.5. The Hall–Kier alpha value is -2.68. The fourth-order valence-corrected chi connectivity index (χ4v) is 1.64. The smallest absolute Gasteiger partial charge is 0.323 e. The van der Waals surface area contributed by atoms with Crippen LogP contribution in [0.1, 0.15) is 0 Å². The Kier molecular flexibility index (Phi) is 5.42. The summed E-state index contributed by atoms with van der Waals surface area (Å²) in [5.41, 5.74) is 1.41. The van der Waals surface area contributed by atoms with E-state index in [1.165, 1.54) is 0 Å². The monoisotopic (exact) mass is 275 g/mol. The van der Waals surface area contributed by atoms with Crippen LogP contribution in [0.25, 0.3) is 0 Å². The third kappa shape index (κ3) is 4.21. The summed E-state index contributed by atoms with van der Waals surface area (Å²) < 4.78 is 0. The number of carboxylic acids is 1. The van der Waals surface area contributed by atoms with Crippen LogP contribution in [0.3, 0.4) is 0 Å². The van der Waals surface area contributed by atoms with Crippen LogP contribution < -0.4 is 10.2 Å². The number of carbonyl (C=O) groups excluding carboxylic acids is 1. The second-order valence-corrected chi connectivity index (χ2v) is 4.30. The molecule has 0 fully saturated rings. The van der Waals surface area contributed by atoms with Crippen LogP contribution in [0.4, 0.5) is 16.2 Å². The lowest BCUT2D eigenvalue weighted by molar-refractivity contribution is -0.137. The van der Waals surface area contributed by atoms with Crippen molar-refractivity contribution in [3.8, 4) is 12.3 Å². The molecule has 0 heterocycles. The molecule has 0 aliphatic heterocycles. The maximum absolute atomic E-state index is 12.1. The van der Waals surface area contributed by atoms with Crippen molar-refractivity contribution >= 4 is 23.4 Å². The SMILES string of the molecule is C#CCN(CC(=O)O)C(=O)Nc1ccccc1N(C)C. The predicted octanol–water partition coefficient (Wildman–Crippen LogP) is 1.30. The van der Waals surface area contributed by atoms with Gasteiger partial charge in [0.2, 0.25) is 0 Å². The average Bonchev–Trinajstić information content (AvgIpc) is 2.38. The van der Waals surface area contributed by atoms with Gasteiger partial charge in [-0.15, -0.1) is 6.42 Å². The van der Waals surface area contributed by atoms with Crippen molar-refractivity contribution in [2.75, 3.05) is 37.4 Å². The van der Waals surface area contributed by atoms with Gasteiger partial charge in [-0.3, -0.25) is 4.79 Å². The van der Waals surface area contributed by atoms with Crippen molar-refractivity contribution in [2.45, 2.75) is 0 Å². The van der Waals surface area contributed by atoms with Gasteiger partial charge in [0.15, 0.2) is 0 Å². The molecular formula is C14H17N3O3. The van der Waals surface area contributed by atoms with Crippen LogP contribution in [0.15, 0.2) is 24.3 Å². The first kappa shape index (κ1) is 15.4. The number of amides is 2. The summed E-state index contributed by atoms with van der Waals surface area (Å²) in [4.78, 5) is 25.7. The Morgan fingerprint density at radius 1 is 1.35 bits per heavy atom. The van der Waals surface area contributed by atoms with Crippen molar-refractivity contribution in [3.05, 3.63) is 24.3 Å². The molecule has 0 aliphatic carbocycles. The normalized spacial score (nSPS) is 9.45. The minimum absolute atomic E-state index is 0.0672. The number of nitrogens with one attached hydrogen (secondary N) is 1. The molecule has 106 valence electrons. The van der Waals surface area contributed by atoms with Crippen molar-refractivity contribution < 1.29 is 14.7 Å². The first-order chi connectivity index (χ1) is 9.45. The van der Waals surface area contributed by atoms with Crippen LogP contribution in [-0.4, -0.2) is 49.2 Å². The summed E-state index contributed by atoms with van der Waals surface area (Å²) in [5, 5.41) is 11.4. The van der Waals surface area contributed by atoms with Crippen molar-refractivity contribution in [2.24, 2.45) is 0 Å². The third-order valence-electron chi connectivity index (χ3n) is 2.52. The lowest BCUT2D eigenvalue weighted by Gasteiger charge is -2.22. The summed E-state index contributed by atoms with van der Waals surface area (Å²) >= 11 is 0. The number of rotatable bonds is 5.